The highest BCUT2D eigenvalue weighted by atomic mass is 32.1. The maximum atomic E-state index is 5.33. The van der Waals surface area contributed by atoms with Crippen LogP contribution in [0, 0.1) is 6.92 Å². The lowest BCUT2D eigenvalue weighted by molar-refractivity contribution is -0.906. The van der Waals surface area contributed by atoms with Crippen LogP contribution in [-0.4, -0.2) is 50.7 Å². The zero-order valence-corrected chi connectivity index (χ0v) is 13.3. The second-order valence-electron chi connectivity index (χ2n) is 4.71. The molecule has 0 bridgehead atoms. The summed E-state index contributed by atoms with van der Waals surface area (Å²) in [5, 5.41) is 9.94. The Balaban J connectivity index is 1.60. The predicted molar refractivity (Wildman–Crippen MR) is 86.8 cm³/mol. The minimum atomic E-state index is 0.572. The Morgan fingerprint density at radius 3 is 3.05 bits per heavy atom. The van der Waals surface area contributed by atoms with Crippen LogP contribution in [0.3, 0.4) is 0 Å². The minimum absolute atomic E-state index is 0.572. The van der Waals surface area contributed by atoms with Gasteiger partial charge in [0, 0.05) is 4.88 Å². The lowest BCUT2D eigenvalue weighted by Gasteiger charge is -2.23. The zero-order valence-electron chi connectivity index (χ0n) is 11.6. The summed E-state index contributed by atoms with van der Waals surface area (Å²) in [5.41, 5.74) is 4.08. The van der Waals surface area contributed by atoms with E-state index in [9.17, 15) is 0 Å². The first-order chi connectivity index (χ1) is 9.75. The fourth-order valence-corrected chi connectivity index (χ4v) is 2.91. The number of ether oxygens (including phenoxy) is 1. The number of aryl methyl sites for hydroxylation is 1. The lowest BCUT2D eigenvalue weighted by Crippen LogP contribution is -3.14. The van der Waals surface area contributed by atoms with E-state index in [4.69, 9.17) is 17.0 Å². The minimum Gasteiger partial charge on any atom is -0.370 e. The summed E-state index contributed by atoms with van der Waals surface area (Å²) in [7, 11) is 0. The molecular formula is C13H21N4OS2+. The third kappa shape index (κ3) is 5.16. The summed E-state index contributed by atoms with van der Waals surface area (Å²) in [6.07, 6.45) is 1.81. The van der Waals surface area contributed by atoms with Crippen molar-refractivity contribution >= 4 is 34.9 Å². The molecule has 0 unspecified atom stereocenters. The second-order valence-corrected chi connectivity index (χ2v) is 6.06. The smallest absolute Gasteiger partial charge is 0.187 e. The molecule has 0 aromatic carbocycles. The first kappa shape index (κ1) is 15.4. The molecule has 1 aliphatic heterocycles. The van der Waals surface area contributed by atoms with Crippen molar-refractivity contribution in [2.24, 2.45) is 5.10 Å². The van der Waals surface area contributed by atoms with Crippen LogP contribution in [0.15, 0.2) is 16.5 Å². The van der Waals surface area contributed by atoms with Crippen molar-refractivity contribution in [3.63, 3.8) is 0 Å². The van der Waals surface area contributed by atoms with Crippen molar-refractivity contribution in [2.45, 2.75) is 6.92 Å². The van der Waals surface area contributed by atoms with E-state index in [1.54, 1.807) is 22.5 Å². The topological polar surface area (TPSA) is 50.1 Å². The first-order valence-corrected chi connectivity index (χ1v) is 8.07. The third-order valence-corrected chi connectivity index (χ3v) is 4.40. The summed E-state index contributed by atoms with van der Waals surface area (Å²) >= 11 is 6.85. The van der Waals surface area contributed by atoms with E-state index in [1.165, 1.54) is 5.56 Å². The van der Waals surface area contributed by atoms with Crippen molar-refractivity contribution in [3.8, 4) is 0 Å². The number of hydrogen-bond acceptors (Lipinski definition) is 4. The molecule has 110 valence electrons. The number of nitrogens with one attached hydrogen (secondary N) is 3. The van der Waals surface area contributed by atoms with E-state index in [1.807, 2.05) is 0 Å². The highest BCUT2D eigenvalue weighted by molar-refractivity contribution is 7.80. The molecule has 3 N–H and O–H groups in total. The van der Waals surface area contributed by atoms with Crippen LogP contribution in [0.5, 0.6) is 0 Å². The number of nitrogens with zero attached hydrogens (tertiary/aromatic N) is 1. The third-order valence-electron chi connectivity index (χ3n) is 3.21. The van der Waals surface area contributed by atoms with Gasteiger partial charge in [0.1, 0.15) is 13.1 Å². The second kappa shape index (κ2) is 8.31. The van der Waals surface area contributed by atoms with Crippen LogP contribution in [0.1, 0.15) is 10.4 Å². The van der Waals surface area contributed by atoms with E-state index in [0.717, 1.165) is 44.3 Å². The van der Waals surface area contributed by atoms with E-state index in [0.29, 0.717) is 5.11 Å². The number of rotatable bonds is 5. The number of thiophene rings is 1. The number of thiocarbonyl (C=S) groups is 1. The van der Waals surface area contributed by atoms with Crippen LogP contribution < -0.4 is 15.6 Å². The average molecular weight is 313 g/mol. The fraction of sp³-hybridized carbons (Fsp3) is 0.538. The molecule has 1 aromatic heterocycles. The molecule has 20 heavy (non-hydrogen) atoms. The van der Waals surface area contributed by atoms with Gasteiger partial charge in [-0.15, -0.1) is 11.3 Å². The highest BCUT2D eigenvalue weighted by Crippen LogP contribution is 2.12. The highest BCUT2D eigenvalue weighted by Gasteiger charge is 2.12. The molecule has 0 amide bonds. The maximum Gasteiger partial charge on any atom is 0.187 e. The number of hydrazone groups is 1. The molecule has 0 saturated carbocycles. The van der Waals surface area contributed by atoms with Gasteiger partial charge in [-0.2, -0.15) is 5.10 Å². The summed E-state index contributed by atoms with van der Waals surface area (Å²) in [4.78, 5) is 2.71. The summed E-state index contributed by atoms with van der Waals surface area (Å²) in [6, 6.07) is 2.08. The van der Waals surface area contributed by atoms with Crippen molar-refractivity contribution < 1.29 is 9.64 Å². The van der Waals surface area contributed by atoms with E-state index >= 15 is 0 Å². The molecule has 1 saturated heterocycles. The summed E-state index contributed by atoms with van der Waals surface area (Å²) in [5.74, 6) is 0. The van der Waals surface area contributed by atoms with E-state index < -0.39 is 0 Å². The molecule has 0 spiro atoms. The molecule has 1 aliphatic rings. The summed E-state index contributed by atoms with van der Waals surface area (Å²) < 4.78 is 5.33. The molecule has 0 atom stereocenters. The standard InChI is InChI=1S/C13H20N4OS2/c1-11-2-9-20-12(11)10-15-16-13(19)14-3-4-17-5-7-18-8-6-17/h2,9-10H,3-8H2,1H3,(H2,14,16,19)/p+1/b15-10-. The maximum absolute atomic E-state index is 5.33. The van der Waals surface area contributed by atoms with Crippen LogP contribution in [0.25, 0.3) is 0 Å². The Labute approximate surface area is 129 Å². The van der Waals surface area contributed by atoms with Crippen molar-refractivity contribution in [3.05, 3.63) is 21.9 Å². The molecule has 0 radical (unpaired) electrons. The van der Waals surface area contributed by atoms with Gasteiger partial charge in [0.2, 0.25) is 0 Å². The van der Waals surface area contributed by atoms with Crippen molar-refractivity contribution in [2.75, 3.05) is 39.4 Å². The average Bonchev–Trinajstić information content (AvgIpc) is 2.86. The molecular weight excluding hydrogens is 292 g/mol. The number of quaternary nitrogens is 1. The van der Waals surface area contributed by atoms with Gasteiger partial charge in [-0.25, -0.2) is 0 Å². The Kier molecular flexibility index (Phi) is 6.38. The molecule has 0 aliphatic carbocycles. The Morgan fingerprint density at radius 2 is 2.35 bits per heavy atom. The molecule has 2 heterocycles. The van der Waals surface area contributed by atoms with Gasteiger partial charge in [0.25, 0.3) is 0 Å². The molecule has 2 rings (SSSR count). The van der Waals surface area contributed by atoms with Gasteiger partial charge in [0.15, 0.2) is 5.11 Å². The van der Waals surface area contributed by atoms with Crippen LogP contribution in [0.4, 0.5) is 0 Å². The normalized spacial score (nSPS) is 16.4. The van der Waals surface area contributed by atoms with Crippen molar-refractivity contribution in [1.29, 1.82) is 0 Å². The Morgan fingerprint density at radius 1 is 1.55 bits per heavy atom. The molecule has 7 heteroatoms. The fourth-order valence-electron chi connectivity index (χ4n) is 1.97. The van der Waals surface area contributed by atoms with Gasteiger partial charge in [-0.05, 0) is 36.2 Å². The molecule has 5 nitrogen and oxygen atoms in total. The van der Waals surface area contributed by atoms with Crippen LogP contribution in [0.2, 0.25) is 0 Å². The van der Waals surface area contributed by atoms with Crippen molar-refractivity contribution in [1.82, 2.24) is 10.7 Å². The van der Waals surface area contributed by atoms with E-state index in [2.05, 4.69) is 34.2 Å². The molecule has 1 aromatic rings. The SMILES string of the molecule is Cc1ccsc1/C=N\NC(=S)NCC[NH+]1CCOCC1. The Hall–Kier alpha value is -1.02. The van der Waals surface area contributed by atoms with Gasteiger partial charge >= 0.3 is 0 Å². The van der Waals surface area contributed by atoms with Gasteiger partial charge in [0.05, 0.1) is 32.5 Å². The summed E-state index contributed by atoms with van der Waals surface area (Å²) in [6.45, 7) is 7.87. The van der Waals surface area contributed by atoms with Gasteiger partial charge in [-0.1, -0.05) is 0 Å². The lowest BCUT2D eigenvalue weighted by atomic mass is 10.3. The largest absolute Gasteiger partial charge is 0.370 e. The number of hydrogen-bond donors (Lipinski definition) is 3. The first-order valence-electron chi connectivity index (χ1n) is 6.78. The predicted octanol–water partition coefficient (Wildman–Crippen LogP) is -0.230. The van der Waals surface area contributed by atoms with E-state index in [-0.39, 0.29) is 0 Å². The van der Waals surface area contributed by atoms with Gasteiger partial charge < -0.3 is 15.0 Å². The monoisotopic (exact) mass is 313 g/mol. The van der Waals surface area contributed by atoms with Crippen LogP contribution >= 0.6 is 23.6 Å². The molecule has 1 fully saturated rings. The zero-order chi connectivity index (χ0) is 14.2. The number of morpholine rings is 1. The van der Waals surface area contributed by atoms with Gasteiger partial charge in [-0.3, -0.25) is 5.43 Å². The Bertz CT molecular complexity index is 455. The van der Waals surface area contributed by atoms with Crippen LogP contribution in [-0.2, 0) is 4.74 Å². The quantitative estimate of drug-likeness (QED) is 0.399.